The number of ether oxygens (including phenoxy) is 2. The standard InChI is InChI=1S/C16H25NO2/c1-12(2)17-7-8-18-15(10-17)11-19-16-9-13(3)5-6-14(16)4/h5-6,9,12,15H,7-8,10-11H2,1-4H3. The van der Waals surface area contributed by atoms with Crippen LogP contribution in [-0.2, 0) is 4.74 Å². The molecule has 3 heteroatoms. The summed E-state index contributed by atoms with van der Waals surface area (Å²) in [6.45, 7) is 12.1. The predicted molar refractivity (Wildman–Crippen MR) is 77.9 cm³/mol. The molecule has 0 amide bonds. The molecule has 0 saturated carbocycles. The highest BCUT2D eigenvalue weighted by atomic mass is 16.5. The molecule has 0 aromatic heterocycles. The molecule has 1 aliphatic rings. The van der Waals surface area contributed by atoms with Gasteiger partial charge in [-0.15, -0.1) is 0 Å². The Kier molecular flexibility index (Phi) is 4.83. The van der Waals surface area contributed by atoms with Crippen LogP contribution in [0, 0.1) is 13.8 Å². The van der Waals surface area contributed by atoms with Gasteiger partial charge in [0.05, 0.1) is 6.61 Å². The zero-order valence-corrected chi connectivity index (χ0v) is 12.5. The fraction of sp³-hybridized carbons (Fsp3) is 0.625. The molecule has 19 heavy (non-hydrogen) atoms. The summed E-state index contributed by atoms with van der Waals surface area (Å²) in [5.74, 6) is 0.977. The van der Waals surface area contributed by atoms with Gasteiger partial charge in [-0.25, -0.2) is 0 Å². The third-order valence-corrected chi connectivity index (χ3v) is 3.67. The van der Waals surface area contributed by atoms with E-state index in [1.165, 1.54) is 11.1 Å². The first-order valence-corrected chi connectivity index (χ1v) is 7.12. The smallest absolute Gasteiger partial charge is 0.122 e. The highest BCUT2D eigenvalue weighted by Gasteiger charge is 2.22. The molecule has 106 valence electrons. The fourth-order valence-corrected chi connectivity index (χ4v) is 2.36. The van der Waals surface area contributed by atoms with E-state index in [2.05, 4.69) is 50.8 Å². The summed E-state index contributed by atoms with van der Waals surface area (Å²) >= 11 is 0. The number of aryl methyl sites for hydroxylation is 2. The lowest BCUT2D eigenvalue weighted by atomic mass is 10.1. The summed E-state index contributed by atoms with van der Waals surface area (Å²) in [4.78, 5) is 2.45. The van der Waals surface area contributed by atoms with Crippen LogP contribution >= 0.6 is 0 Å². The van der Waals surface area contributed by atoms with Crippen LogP contribution in [0.3, 0.4) is 0 Å². The van der Waals surface area contributed by atoms with Gasteiger partial charge in [0.1, 0.15) is 18.5 Å². The predicted octanol–water partition coefficient (Wildman–Crippen LogP) is 2.79. The maximum absolute atomic E-state index is 5.93. The third-order valence-electron chi connectivity index (χ3n) is 3.67. The van der Waals surface area contributed by atoms with Crippen molar-refractivity contribution in [1.82, 2.24) is 4.90 Å². The molecule has 3 nitrogen and oxygen atoms in total. The quantitative estimate of drug-likeness (QED) is 0.834. The summed E-state index contributed by atoms with van der Waals surface area (Å²) in [6.07, 6.45) is 0.177. The lowest BCUT2D eigenvalue weighted by Gasteiger charge is -2.35. The zero-order chi connectivity index (χ0) is 13.8. The minimum Gasteiger partial charge on any atom is -0.491 e. The second-order valence-corrected chi connectivity index (χ2v) is 5.66. The van der Waals surface area contributed by atoms with Gasteiger partial charge in [0.25, 0.3) is 0 Å². The van der Waals surface area contributed by atoms with Crippen molar-refractivity contribution in [2.24, 2.45) is 0 Å². The Morgan fingerprint density at radius 3 is 2.89 bits per heavy atom. The summed E-state index contributed by atoms with van der Waals surface area (Å²) in [5.41, 5.74) is 2.41. The second kappa shape index (κ2) is 6.40. The van der Waals surface area contributed by atoms with E-state index in [-0.39, 0.29) is 6.10 Å². The molecule has 1 atom stereocenters. The Labute approximate surface area is 116 Å². The number of benzene rings is 1. The maximum atomic E-state index is 5.93. The van der Waals surface area contributed by atoms with Gasteiger partial charge < -0.3 is 9.47 Å². The lowest BCUT2D eigenvalue weighted by Crippen LogP contribution is -2.47. The molecule has 1 aromatic carbocycles. The van der Waals surface area contributed by atoms with Gasteiger partial charge >= 0.3 is 0 Å². The van der Waals surface area contributed by atoms with Gasteiger partial charge in [0.15, 0.2) is 0 Å². The molecule has 1 unspecified atom stereocenters. The molecule has 1 heterocycles. The highest BCUT2D eigenvalue weighted by molar-refractivity contribution is 5.35. The van der Waals surface area contributed by atoms with Gasteiger partial charge in [0, 0.05) is 19.1 Å². The van der Waals surface area contributed by atoms with Gasteiger partial charge in [0.2, 0.25) is 0 Å². The van der Waals surface area contributed by atoms with Crippen molar-refractivity contribution in [2.45, 2.75) is 39.8 Å². The molecule has 0 bridgehead atoms. The molecule has 0 spiro atoms. The lowest BCUT2D eigenvalue weighted by molar-refractivity contribution is -0.0565. The van der Waals surface area contributed by atoms with Crippen molar-refractivity contribution in [2.75, 3.05) is 26.3 Å². The van der Waals surface area contributed by atoms with Crippen molar-refractivity contribution < 1.29 is 9.47 Å². The van der Waals surface area contributed by atoms with Crippen LogP contribution < -0.4 is 4.74 Å². The Balaban J connectivity index is 1.89. The van der Waals surface area contributed by atoms with E-state index in [4.69, 9.17) is 9.47 Å². The van der Waals surface area contributed by atoms with E-state index in [1.54, 1.807) is 0 Å². The Morgan fingerprint density at radius 1 is 1.37 bits per heavy atom. The van der Waals surface area contributed by atoms with Crippen LogP contribution in [0.4, 0.5) is 0 Å². The summed E-state index contributed by atoms with van der Waals surface area (Å²) < 4.78 is 11.7. The molecule has 1 fully saturated rings. The molecule has 1 saturated heterocycles. The minimum atomic E-state index is 0.177. The fourth-order valence-electron chi connectivity index (χ4n) is 2.36. The van der Waals surface area contributed by atoms with Crippen molar-refractivity contribution >= 4 is 0 Å². The Bertz CT molecular complexity index is 417. The Hall–Kier alpha value is -1.06. The first kappa shape index (κ1) is 14.4. The Morgan fingerprint density at radius 2 is 2.16 bits per heavy atom. The van der Waals surface area contributed by atoms with Crippen molar-refractivity contribution in [1.29, 1.82) is 0 Å². The van der Waals surface area contributed by atoms with Crippen molar-refractivity contribution in [3.8, 4) is 5.75 Å². The molecule has 1 aliphatic heterocycles. The number of hydrogen-bond donors (Lipinski definition) is 0. The minimum absolute atomic E-state index is 0.177. The number of hydrogen-bond acceptors (Lipinski definition) is 3. The largest absolute Gasteiger partial charge is 0.491 e. The van der Waals surface area contributed by atoms with E-state index in [9.17, 15) is 0 Å². The average Bonchev–Trinajstić information content (AvgIpc) is 2.40. The summed E-state index contributed by atoms with van der Waals surface area (Å²) in [6, 6.07) is 6.89. The maximum Gasteiger partial charge on any atom is 0.122 e. The highest BCUT2D eigenvalue weighted by Crippen LogP contribution is 2.20. The number of nitrogens with zero attached hydrogens (tertiary/aromatic N) is 1. The summed E-state index contributed by atoms with van der Waals surface area (Å²) in [5, 5.41) is 0. The average molecular weight is 263 g/mol. The van der Waals surface area contributed by atoms with Crippen molar-refractivity contribution in [3.05, 3.63) is 29.3 Å². The van der Waals surface area contributed by atoms with Crippen LogP contribution in [-0.4, -0.2) is 43.3 Å². The van der Waals surface area contributed by atoms with Crippen molar-refractivity contribution in [3.63, 3.8) is 0 Å². The van der Waals surface area contributed by atoms with E-state index in [1.807, 2.05) is 0 Å². The van der Waals surface area contributed by atoms with E-state index < -0.39 is 0 Å². The monoisotopic (exact) mass is 263 g/mol. The van der Waals surface area contributed by atoms with Crippen LogP contribution in [0.25, 0.3) is 0 Å². The molecule has 0 radical (unpaired) electrons. The number of morpholine rings is 1. The van der Waals surface area contributed by atoms with Crippen LogP contribution in [0.5, 0.6) is 5.75 Å². The zero-order valence-electron chi connectivity index (χ0n) is 12.5. The molecule has 0 aliphatic carbocycles. The first-order valence-electron chi connectivity index (χ1n) is 7.12. The van der Waals surface area contributed by atoms with Crippen LogP contribution in [0.1, 0.15) is 25.0 Å². The SMILES string of the molecule is Cc1ccc(C)c(OCC2CN(C(C)C)CCO2)c1. The number of rotatable bonds is 4. The van der Waals surface area contributed by atoms with Crippen LogP contribution in [0.15, 0.2) is 18.2 Å². The van der Waals surface area contributed by atoms with Gasteiger partial charge in [-0.2, -0.15) is 0 Å². The molecule has 2 rings (SSSR count). The second-order valence-electron chi connectivity index (χ2n) is 5.66. The molecule has 1 aromatic rings. The van der Waals surface area contributed by atoms with Crippen LogP contribution in [0.2, 0.25) is 0 Å². The van der Waals surface area contributed by atoms with E-state index in [0.717, 1.165) is 25.4 Å². The topological polar surface area (TPSA) is 21.7 Å². The van der Waals surface area contributed by atoms with Gasteiger partial charge in [-0.05, 0) is 44.9 Å². The van der Waals surface area contributed by atoms with Gasteiger partial charge in [-0.3, -0.25) is 4.90 Å². The normalized spacial score (nSPS) is 20.8. The third kappa shape index (κ3) is 3.95. The van der Waals surface area contributed by atoms with E-state index >= 15 is 0 Å². The van der Waals surface area contributed by atoms with E-state index in [0.29, 0.717) is 12.6 Å². The first-order chi connectivity index (χ1) is 9.06. The van der Waals surface area contributed by atoms with Gasteiger partial charge in [-0.1, -0.05) is 12.1 Å². The molecular weight excluding hydrogens is 238 g/mol. The molecule has 0 N–H and O–H groups in total. The summed E-state index contributed by atoms with van der Waals surface area (Å²) in [7, 11) is 0. The molecular formula is C16H25NO2.